The summed E-state index contributed by atoms with van der Waals surface area (Å²) < 4.78 is 31.9. The second-order valence-electron chi connectivity index (χ2n) is 6.51. The fourth-order valence-corrected chi connectivity index (χ4v) is 3.59. The van der Waals surface area contributed by atoms with Crippen LogP contribution in [0, 0.1) is 6.92 Å². The van der Waals surface area contributed by atoms with Crippen LogP contribution < -0.4 is 15.4 Å². The molecule has 1 heterocycles. The molecule has 0 saturated heterocycles. The van der Waals surface area contributed by atoms with Crippen LogP contribution in [-0.4, -0.2) is 52.0 Å². The molecule has 1 aromatic heterocycles. The molecule has 0 atom stereocenters. The number of nitrogens with one attached hydrogen (secondary N) is 3. The molecule has 0 aliphatic heterocycles. The van der Waals surface area contributed by atoms with Gasteiger partial charge in [-0.15, -0.1) is 0 Å². The van der Waals surface area contributed by atoms with Gasteiger partial charge >= 0.3 is 0 Å². The van der Waals surface area contributed by atoms with Crippen LogP contribution in [0.5, 0.6) is 0 Å². The van der Waals surface area contributed by atoms with Crippen molar-refractivity contribution in [2.24, 2.45) is 0 Å². The van der Waals surface area contributed by atoms with Crippen molar-refractivity contribution in [2.75, 3.05) is 26.8 Å². The molecule has 0 aliphatic rings. The Labute approximate surface area is 176 Å². The Kier molecular flexibility index (Phi) is 8.90. The summed E-state index contributed by atoms with van der Waals surface area (Å²) in [7, 11) is -2.28. The molecule has 2 aromatic rings. The molecule has 0 bridgehead atoms. The number of pyridine rings is 1. The van der Waals surface area contributed by atoms with Gasteiger partial charge in [0.15, 0.2) is 0 Å². The zero-order chi connectivity index (χ0) is 22.0. The number of nitrogens with zero attached hydrogens (tertiary/aromatic N) is 1. The average molecular weight is 435 g/mol. The first-order valence-corrected chi connectivity index (χ1v) is 10.8. The molecule has 162 valence electrons. The maximum atomic E-state index is 12.5. The third-order valence-corrected chi connectivity index (χ3v) is 5.70. The smallest absolute Gasteiger partial charge is 0.251 e. The summed E-state index contributed by atoms with van der Waals surface area (Å²) in [5.74, 6) is -0.647. The van der Waals surface area contributed by atoms with Gasteiger partial charge in [-0.1, -0.05) is 6.07 Å². The van der Waals surface area contributed by atoms with Gasteiger partial charge in [0.25, 0.3) is 5.91 Å². The molecule has 0 spiro atoms. The van der Waals surface area contributed by atoms with Gasteiger partial charge in [0.05, 0.1) is 11.5 Å². The summed E-state index contributed by atoms with van der Waals surface area (Å²) in [6.45, 7) is 2.59. The summed E-state index contributed by atoms with van der Waals surface area (Å²) in [5, 5.41) is 5.42. The van der Waals surface area contributed by atoms with Crippen LogP contribution >= 0.6 is 0 Å². The highest BCUT2D eigenvalue weighted by Crippen LogP contribution is 2.15. The van der Waals surface area contributed by atoms with E-state index in [9.17, 15) is 18.0 Å². The van der Waals surface area contributed by atoms with Crippen molar-refractivity contribution in [1.29, 1.82) is 0 Å². The van der Waals surface area contributed by atoms with Crippen LogP contribution in [-0.2, 0) is 26.1 Å². The van der Waals surface area contributed by atoms with Gasteiger partial charge in [0, 0.05) is 51.1 Å². The number of ether oxygens (including phenoxy) is 1. The summed E-state index contributed by atoms with van der Waals surface area (Å²) in [6.07, 6.45) is 3.39. The van der Waals surface area contributed by atoms with Crippen molar-refractivity contribution in [1.82, 2.24) is 20.3 Å². The fourth-order valence-electron chi connectivity index (χ4n) is 2.55. The first-order chi connectivity index (χ1) is 14.3. The number of benzene rings is 1. The van der Waals surface area contributed by atoms with Gasteiger partial charge in [-0.05, 0) is 42.3 Å². The molecule has 2 amide bonds. The molecule has 3 N–H and O–H groups in total. The van der Waals surface area contributed by atoms with Gasteiger partial charge in [-0.3, -0.25) is 14.6 Å². The maximum Gasteiger partial charge on any atom is 0.251 e. The molecular weight excluding hydrogens is 408 g/mol. The van der Waals surface area contributed by atoms with Gasteiger partial charge in [-0.25, -0.2) is 13.1 Å². The number of hydrogen-bond donors (Lipinski definition) is 3. The molecule has 0 aliphatic carbocycles. The standard InChI is InChI=1S/C20H26N4O5S/c1-15-3-4-17(30(27,28)24-11-12-29-2)13-18(15)20(26)22-10-7-19(25)23-14-16-5-8-21-9-6-16/h3-6,8-9,13,24H,7,10-12,14H2,1-2H3,(H,22,26)(H,23,25). The molecule has 0 radical (unpaired) electrons. The summed E-state index contributed by atoms with van der Waals surface area (Å²) in [5.41, 5.74) is 1.79. The molecule has 0 unspecified atom stereocenters. The highest BCUT2D eigenvalue weighted by molar-refractivity contribution is 7.89. The van der Waals surface area contributed by atoms with Crippen LogP contribution in [0.4, 0.5) is 0 Å². The van der Waals surface area contributed by atoms with Gasteiger partial charge in [0.1, 0.15) is 0 Å². The van der Waals surface area contributed by atoms with Crippen LogP contribution in [0.15, 0.2) is 47.6 Å². The van der Waals surface area contributed by atoms with Crippen molar-refractivity contribution >= 4 is 21.8 Å². The molecule has 2 rings (SSSR count). The number of aryl methyl sites for hydroxylation is 1. The van der Waals surface area contributed by atoms with E-state index in [4.69, 9.17) is 4.74 Å². The molecule has 30 heavy (non-hydrogen) atoms. The summed E-state index contributed by atoms with van der Waals surface area (Å²) in [4.78, 5) is 28.3. The lowest BCUT2D eigenvalue weighted by Crippen LogP contribution is -2.31. The van der Waals surface area contributed by atoms with E-state index in [1.165, 1.54) is 19.2 Å². The molecule has 0 saturated carbocycles. The van der Waals surface area contributed by atoms with Crippen molar-refractivity contribution < 1.29 is 22.7 Å². The van der Waals surface area contributed by atoms with Crippen LogP contribution in [0.25, 0.3) is 0 Å². The van der Waals surface area contributed by atoms with E-state index in [-0.39, 0.29) is 42.5 Å². The van der Waals surface area contributed by atoms with Crippen molar-refractivity contribution in [2.45, 2.75) is 24.8 Å². The third-order valence-electron chi connectivity index (χ3n) is 4.24. The number of methoxy groups -OCH3 is 1. The molecule has 9 nitrogen and oxygen atoms in total. The number of carbonyl (C=O) groups is 2. The minimum absolute atomic E-state index is 0.00977. The summed E-state index contributed by atoms with van der Waals surface area (Å²) in [6, 6.07) is 7.93. The van der Waals surface area contributed by atoms with E-state index in [1.54, 1.807) is 37.5 Å². The minimum Gasteiger partial charge on any atom is -0.383 e. The molecule has 10 heteroatoms. The minimum atomic E-state index is -3.75. The first-order valence-electron chi connectivity index (χ1n) is 9.36. The highest BCUT2D eigenvalue weighted by atomic mass is 32.2. The van der Waals surface area contributed by atoms with E-state index >= 15 is 0 Å². The fraction of sp³-hybridized carbons (Fsp3) is 0.350. The molecule has 0 fully saturated rings. The lowest BCUT2D eigenvalue weighted by atomic mass is 10.1. The monoisotopic (exact) mass is 434 g/mol. The van der Waals surface area contributed by atoms with Gasteiger partial charge < -0.3 is 15.4 Å². The largest absolute Gasteiger partial charge is 0.383 e. The van der Waals surface area contributed by atoms with Crippen LogP contribution in [0.1, 0.15) is 27.9 Å². The second kappa shape index (κ2) is 11.4. The van der Waals surface area contributed by atoms with E-state index in [2.05, 4.69) is 20.3 Å². The Morgan fingerprint density at radius 2 is 1.80 bits per heavy atom. The SMILES string of the molecule is COCCNS(=O)(=O)c1ccc(C)c(C(=O)NCCC(=O)NCc2ccncc2)c1. The number of sulfonamides is 1. The van der Waals surface area contributed by atoms with Crippen molar-refractivity contribution in [3.63, 3.8) is 0 Å². The normalized spacial score (nSPS) is 11.1. The topological polar surface area (TPSA) is 126 Å². The van der Waals surface area contributed by atoms with Crippen LogP contribution in [0.2, 0.25) is 0 Å². The van der Waals surface area contributed by atoms with Crippen molar-refractivity contribution in [3.05, 3.63) is 59.4 Å². The number of carbonyl (C=O) groups excluding carboxylic acids is 2. The zero-order valence-electron chi connectivity index (χ0n) is 17.0. The maximum absolute atomic E-state index is 12.5. The van der Waals surface area contributed by atoms with Crippen molar-refractivity contribution in [3.8, 4) is 0 Å². The predicted octanol–water partition coefficient (Wildman–Crippen LogP) is 0.751. The molecular formula is C20H26N4O5S. The highest BCUT2D eigenvalue weighted by Gasteiger charge is 2.17. The number of rotatable bonds is 11. The number of hydrogen-bond acceptors (Lipinski definition) is 6. The Hall–Kier alpha value is -2.82. The zero-order valence-corrected chi connectivity index (χ0v) is 17.8. The Balaban J connectivity index is 1.89. The average Bonchev–Trinajstić information content (AvgIpc) is 2.73. The lowest BCUT2D eigenvalue weighted by molar-refractivity contribution is -0.121. The van der Waals surface area contributed by atoms with E-state index < -0.39 is 15.9 Å². The van der Waals surface area contributed by atoms with Gasteiger partial charge in [0.2, 0.25) is 15.9 Å². The predicted molar refractivity (Wildman–Crippen MR) is 111 cm³/mol. The van der Waals surface area contributed by atoms with E-state index in [0.717, 1.165) is 5.56 Å². The lowest BCUT2D eigenvalue weighted by Gasteiger charge is -2.11. The van der Waals surface area contributed by atoms with Crippen LogP contribution in [0.3, 0.4) is 0 Å². The quantitative estimate of drug-likeness (QED) is 0.448. The van der Waals surface area contributed by atoms with E-state index in [0.29, 0.717) is 12.1 Å². The Morgan fingerprint density at radius 1 is 1.07 bits per heavy atom. The van der Waals surface area contributed by atoms with Gasteiger partial charge in [-0.2, -0.15) is 0 Å². The third kappa shape index (κ3) is 7.21. The number of amides is 2. The summed E-state index contributed by atoms with van der Waals surface area (Å²) >= 11 is 0. The molecule has 1 aromatic carbocycles. The first kappa shape index (κ1) is 23.5. The Bertz CT molecular complexity index is 964. The van der Waals surface area contributed by atoms with E-state index in [1.807, 2.05) is 0 Å². The second-order valence-corrected chi connectivity index (χ2v) is 8.27. The Morgan fingerprint density at radius 3 is 2.50 bits per heavy atom. The number of aromatic nitrogens is 1.